The van der Waals surface area contributed by atoms with Crippen molar-refractivity contribution in [2.75, 3.05) is 19.6 Å². The summed E-state index contributed by atoms with van der Waals surface area (Å²) in [6.07, 6.45) is 2.90. The number of likely N-dealkylation sites (tertiary alicyclic amines) is 1. The third kappa shape index (κ3) is 4.61. The molecule has 144 valence electrons. The van der Waals surface area contributed by atoms with Gasteiger partial charge in [0.2, 0.25) is 15.9 Å². The first kappa shape index (κ1) is 19.3. The number of hydrogen-bond acceptors (Lipinski definition) is 4. The summed E-state index contributed by atoms with van der Waals surface area (Å²) in [5.41, 5.74) is 0. The Bertz CT molecular complexity index is 731. The first-order chi connectivity index (χ1) is 12.3. The number of hydrogen-bond donors (Lipinski definition) is 2. The summed E-state index contributed by atoms with van der Waals surface area (Å²) in [6.45, 7) is 4.09. The molecule has 2 aliphatic rings. The van der Waals surface area contributed by atoms with Crippen LogP contribution in [0, 0.1) is 11.7 Å². The minimum absolute atomic E-state index is 0.0566. The van der Waals surface area contributed by atoms with Gasteiger partial charge >= 0.3 is 0 Å². The first-order valence-corrected chi connectivity index (χ1v) is 10.6. The zero-order valence-corrected chi connectivity index (χ0v) is 15.8. The predicted molar refractivity (Wildman–Crippen MR) is 96.5 cm³/mol. The topological polar surface area (TPSA) is 78.5 Å². The third-order valence-electron chi connectivity index (χ3n) is 5.23. The van der Waals surface area contributed by atoms with E-state index >= 15 is 0 Å². The van der Waals surface area contributed by atoms with Gasteiger partial charge in [-0.3, -0.25) is 4.79 Å². The predicted octanol–water partition coefficient (Wildman–Crippen LogP) is 1.48. The fourth-order valence-corrected chi connectivity index (χ4v) is 5.04. The molecule has 0 spiro atoms. The van der Waals surface area contributed by atoms with Gasteiger partial charge in [0.1, 0.15) is 5.82 Å². The van der Waals surface area contributed by atoms with Gasteiger partial charge in [-0.15, -0.1) is 0 Å². The lowest BCUT2D eigenvalue weighted by molar-refractivity contribution is -0.137. The van der Waals surface area contributed by atoms with Gasteiger partial charge in [0.05, 0.1) is 4.90 Å². The SMILES string of the molecule is C[C@H]1C[C@@H](C(=O)N2CCC(NS(=O)(=O)c3ccc(F)cc3)CC2)CCN1. The molecule has 1 aromatic rings. The molecule has 26 heavy (non-hydrogen) atoms. The standard InChI is InChI=1S/C18H26FN3O3S/c1-13-12-14(6-9-20-13)18(23)22-10-7-16(8-11-22)21-26(24,25)17-4-2-15(19)3-5-17/h2-5,13-14,16,20-21H,6-12H2,1H3/t13-,14-/m0/s1. The van der Waals surface area contributed by atoms with Crippen molar-refractivity contribution < 1.29 is 17.6 Å². The molecule has 0 saturated carbocycles. The van der Waals surface area contributed by atoms with E-state index in [1.165, 1.54) is 12.1 Å². The van der Waals surface area contributed by atoms with Gasteiger partial charge in [0.25, 0.3) is 0 Å². The number of sulfonamides is 1. The Morgan fingerprint density at radius 1 is 1.19 bits per heavy atom. The number of benzene rings is 1. The molecule has 1 amide bonds. The van der Waals surface area contributed by atoms with Gasteiger partial charge in [0, 0.05) is 31.1 Å². The van der Waals surface area contributed by atoms with Crippen molar-refractivity contribution in [1.29, 1.82) is 0 Å². The molecule has 3 rings (SSSR count). The molecule has 0 bridgehead atoms. The first-order valence-electron chi connectivity index (χ1n) is 9.15. The van der Waals surface area contributed by atoms with Crippen molar-refractivity contribution in [3.63, 3.8) is 0 Å². The van der Waals surface area contributed by atoms with Crippen LogP contribution >= 0.6 is 0 Å². The van der Waals surface area contributed by atoms with Crippen LogP contribution in [0.4, 0.5) is 4.39 Å². The number of amides is 1. The van der Waals surface area contributed by atoms with E-state index in [0.717, 1.165) is 31.5 Å². The van der Waals surface area contributed by atoms with Crippen molar-refractivity contribution in [1.82, 2.24) is 14.9 Å². The molecule has 1 aromatic carbocycles. The highest BCUT2D eigenvalue weighted by Gasteiger charge is 2.32. The molecule has 2 saturated heterocycles. The van der Waals surface area contributed by atoms with Gasteiger partial charge in [-0.1, -0.05) is 0 Å². The van der Waals surface area contributed by atoms with Crippen LogP contribution in [0.25, 0.3) is 0 Å². The Morgan fingerprint density at radius 2 is 1.85 bits per heavy atom. The summed E-state index contributed by atoms with van der Waals surface area (Å²) in [5.74, 6) is -0.208. The highest BCUT2D eigenvalue weighted by Crippen LogP contribution is 2.22. The van der Waals surface area contributed by atoms with E-state index in [0.29, 0.717) is 32.0 Å². The number of nitrogens with one attached hydrogen (secondary N) is 2. The number of nitrogens with zero attached hydrogens (tertiary/aromatic N) is 1. The summed E-state index contributed by atoms with van der Waals surface area (Å²) in [4.78, 5) is 14.6. The Labute approximate surface area is 154 Å². The van der Waals surface area contributed by atoms with Crippen molar-refractivity contribution in [3.8, 4) is 0 Å². The smallest absolute Gasteiger partial charge is 0.240 e. The van der Waals surface area contributed by atoms with Gasteiger partial charge in [-0.25, -0.2) is 17.5 Å². The quantitative estimate of drug-likeness (QED) is 0.826. The van der Waals surface area contributed by atoms with Crippen LogP contribution < -0.4 is 10.0 Å². The number of carbonyl (C=O) groups is 1. The van der Waals surface area contributed by atoms with Crippen molar-refractivity contribution in [3.05, 3.63) is 30.1 Å². The Kier molecular flexibility index (Phi) is 5.94. The van der Waals surface area contributed by atoms with Crippen LogP contribution in [0.2, 0.25) is 0 Å². The second-order valence-corrected chi connectivity index (χ2v) is 8.97. The summed E-state index contributed by atoms with van der Waals surface area (Å²) in [6, 6.07) is 4.94. The van der Waals surface area contributed by atoms with Crippen LogP contribution in [-0.2, 0) is 14.8 Å². The van der Waals surface area contributed by atoms with Gasteiger partial charge in [-0.2, -0.15) is 0 Å². The number of rotatable bonds is 4. The molecule has 2 heterocycles. The highest BCUT2D eigenvalue weighted by molar-refractivity contribution is 7.89. The van der Waals surface area contributed by atoms with E-state index in [9.17, 15) is 17.6 Å². The largest absolute Gasteiger partial charge is 0.342 e. The van der Waals surface area contributed by atoms with Crippen LogP contribution in [0.15, 0.2) is 29.2 Å². The fourth-order valence-electron chi connectivity index (χ4n) is 3.73. The molecule has 0 aromatic heterocycles. The molecule has 2 N–H and O–H groups in total. The maximum atomic E-state index is 13.0. The van der Waals surface area contributed by atoms with E-state index in [2.05, 4.69) is 17.0 Å². The zero-order valence-electron chi connectivity index (χ0n) is 14.9. The van der Waals surface area contributed by atoms with Gasteiger partial charge in [-0.05, 0) is 63.4 Å². The maximum absolute atomic E-state index is 13.0. The van der Waals surface area contributed by atoms with Crippen molar-refractivity contribution in [2.45, 2.75) is 49.6 Å². The molecule has 2 aliphatic heterocycles. The van der Waals surface area contributed by atoms with E-state index in [1.807, 2.05) is 4.90 Å². The number of halogens is 1. The molecular weight excluding hydrogens is 357 g/mol. The molecule has 0 unspecified atom stereocenters. The van der Waals surface area contributed by atoms with Crippen LogP contribution in [0.5, 0.6) is 0 Å². The lowest BCUT2D eigenvalue weighted by Gasteiger charge is -2.36. The van der Waals surface area contributed by atoms with Crippen LogP contribution in [-0.4, -0.2) is 50.9 Å². The Morgan fingerprint density at radius 3 is 2.46 bits per heavy atom. The second-order valence-electron chi connectivity index (χ2n) is 7.25. The Hall–Kier alpha value is -1.51. The second kappa shape index (κ2) is 8.02. The van der Waals surface area contributed by atoms with E-state index < -0.39 is 15.8 Å². The van der Waals surface area contributed by atoms with Crippen LogP contribution in [0.1, 0.15) is 32.6 Å². The molecule has 8 heteroatoms. The van der Waals surface area contributed by atoms with Crippen molar-refractivity contribution >= 4 is 15.9 Å². The molecule has 0 aliphatic carbocycles. The monoisotopic (exact) mass is 383 g/mol. The summed E-state index contributed by atoms with van der Waals surface area (Å²) in [5, 5.41) is 3.35. The number of carbonyl (C=O) groups excluding carboxylic acids is 1. The van der Waals surface area contributed by atoms with E-state index in [1.54, 1.807) is 0 Å². The minimum atomic E-state index is -3.67. The Balaban J connectivity index is 1.53. The molecular formula is C18H26FN3O3S. The summed E-state index contributed by atoms with van der Waals surface area (Å²) < 4.78 is 40.4. The lowest BCUT2D eigenvalue weighted by Crippen LogP contribution is -2.50. The minimum Gasteiger partial charge on any atom is -0.342 e. The average molecular weight is 383 g/mol. The van der Waals surface area contributed by atoms with Gasteiger partial charge < -0.3 is 10.2 Å². The van der Waals surface area contributed by atoms with E-state index in [-0.39, 0.29) is 22.8 Å². The third-order valence-corrected chi connectivity index (χ3v) is 6.76. The van der Waals surface area contributed by atoms with Gasteiger partial charge in [0.15, 0.2) is 0 Å². The van der Waals surface area contributed by atoms with E-state index in [4.69, 9.17) is 0 Å². The zero-order chi connectivity index (χ0) is 18.7. The fraction of sp³-hybridized carbons (Fsp3) is 0.611. The van der Waals surface area contributed by atoms with Crippen molar-refractivity contribution in [2.24, 2.45) is 5.92 Å². The maximum Gasteiger partial charge on any atom is 0.240 e. The summed E-state index contributed by atoms with van der Waals surface area (Å²) >= 11 is 0. The lowest BCUT2D eigenvalue weighted by atomic mass is 9.91. The molecule has 2 atom stereocenters. The average Bonchev–Trinajstić information content (AvgIpc) is 2.62. The highest BCUT2D eigenvalue weighted by atomic mass is 32.2. The molecule has 6 nitrogen and oxygen atoms in total. The normalized spacial score (nSPS) is 25.2. The number of piperidine rings is 2. The summed E-state index contributed by atoms with van der Waals surface area (Å²) in [7, 11) is -3.67. The van der Waals surface area contributed by atoms with Crippen LogP contribution in [0.3, 0.4) is 0 Å². The molecule has 2 fully saturated rings. The molecule has 0 radical (unpaired) electrons.